The Bertz CT molecular complexity index is 460. The van der Waals surface area contributed by atoms with Crippen LogP contribution in [0.25, 0.3) is 0 Å². The summed E-state index contributed by atoms with van der Waals surface area (Å²) in [5.74, 6) is -0.475. The van der Waals surface area contributed by atoms with Crippen molar-refractivity contribution in [2.75, 3.05) is 11.4 Å². The molecule has 1 heterocycles. The van der Waals surface area contributed by atoms with Crippen LogP contribution in [-0.4, -0.2) is 24.7 Å². The van der Waals surface area contributed by atoms with E-state index in [2.05, 4.69) is 4.90 Å². The third kappa shape index (κ3) is 2.75. The Kier molecular flexibility index (Phi) is 4.44. The molecule has 1 aliphatic carbocycles. The van der Waals surface area contributed by atoms with Gasteiger partial charge in [0.15, 0.2) is 6.10 Å². The van der Waals surface area contributed by atoms with Crippen LogP contribution in [0.2, 0.25) is 0 Å². The molecule has 5 heteroatoms. The number of ether oxygens (including phenoxy) is 1. The van der Waals surface area contributed by atoms with Gasteiger partial charge in [-0.1, -0.05) is 25.0 Å². The molecule has 1 aromatic rings. The molecule has 0 spiro atoms. The number of anilines is 1. The number of carboxylic acids is 1. The number of hydrogen-bond acceptors (Lipinski definition) is 4. The third-order valence-electron chi connectivity index (χ3n) is 3.83. The molecular weight excluding hydrogens is 237 g/mol. The fourth-order valence-corrected chi connectivity index (χ4v) is 2.95. The molecule has 0 amide bonds. The predicted octanol–water partition coefficient (Wildman–Crippen LogP) is -2.05. The van der Waals surface area contributed by atoms with Gasteiger partial charge in [-0.3, -0.25) is 0 Å². The molecule has 1 atom stereocenters. The largest absolute Gasteiger partial charge is 1.00 e. The molecule has 19 heavy (non-hydrogen) atoms. The van der Waals surface area contributed by atoms with Crippen molar-refractivity contribution in [1.29, 1.82) is 0 Å². The van der Waals surface area contributed by atoms with E-state index in [0.29, 0.717) is 18.3 Å². The Balaban J connectivity index is 0.00000133. The summed E-state index contributed by atoms with van der Waals surface area (Å²) >= 11 is 0. The maximum absolute atomic E-state index is 11.1. The Morgan fingerprint density at radius 1 is 1.26 bits per heavy atom. The zero-order valence-corrected chi connectivity index (χ0v) is 11.2. The predicted molar refractivity (Wildman–Crippen MR) is 65.5 cm³/mol. The molecule has 0 saturated heterocycles. The summed E-state index contributed by atoms with van der Waals surface area (Å²) in [5.41, 5.74) is 1.02. The molecule has 1 fully saturated rings. The molecular formula is C14H16LiNO3. The van der Waals surface area contributed by atoms with E-state index in [4.69, 9.17) is 4.74 Å². The monoisotopic (exact) mass is 253 g/mol. The Morgan fingerprint density at radius 3 is 2.63 bits per heavy atom. The average Bonchev–Trinajstić information content (AvgIpc) is 2.91. The fraction of sp³-hybridized carbons (Fsp3) is 0.500. The van der Waals surface area contributed by atoms with E-state index in [1.807, 2.05) is 24.3 Å². The number of carboxylic acid groups (broad SMARTS) is 1. The number of nitrogens with zero attached hydrogens (tertiary/aromatic N) is 1. The molecule has 1 saturated carbocycles. The van der Waals surface area contributed by atoms with Crippen molar-refractivity contribution in [3.63, 3.8) is 0 Å². The smallest absolute Gasteiger partial charge is 0.546 e. The topological polar surface area (TPSA) is 52.6 Å². The third-order valence-corrected chi connectivity index (χ3v) is 3.83. The molecule has 0 radical (unpaired) electrons. The van der Waals surface area contributed by atoms with Gasteiger partial charge < -0.3 is 19.5 Å². The number of benzene rings is 1. The standard InChI is InChI=1S/C14H17NO3.Li/c16-14(17)13-9-15(10-5-1-2-6-10)11-7-3-4-8-12(11)18-13;/h3-4,7-8,10,13H,1-2,5-6,9H2,(H,16,17);/q;+1/p-1. The Morgan fingerprint density at radius 2 is 1.95 bits per heavy atom. The zero-order valence-electron chi connectivity index (χ0n) is 11.2. The molecule has 0 bridgehead atoms. The summed E-state index contributed by atoms with van der Waals surface area (Å²) < 4.78 is 5.48. The first kappa shape index (κ1) is 14.3. The van der Waals surface area contributed by atoms with Gasteiger partial charge in [-0.05, 0) is 25.0 Å². The molecule has 4 nitrogen and oxygen atoms in total. The van der Waals surface area contributed by atoms with Gasteiger partial charge in [0.1, 0.15) is 5.75 Å². The SMILES string of the molecule is O=C([O-])C1CN(C2CCCC2)c2ccccc2O1.[Li+]. The summed E-state index contributed by atoms with van der Waals surface area (Å²) in [4.78, 5) is 13.2. The van der Waals surface area contributed by atoms with Gasteiger partial charge in [-0.15, -0.1) is 0 Å². The van der Waals surface area contributed by atoms with Crippen LogP contribution in [0, 0.1) is 0 Å². The number of carbonyl (C=O) groups is 1. The van der Waals surface area contributed by atoms with Gasteiger partial charge in [0.2, 0.25) is 0 Å². The van der Waals surface area contributed by atoms with E-state index in [-0.39, 0.29) is 18.9 Å². The van der Waals surface area contributed by atoms with Crippen LogP contribution in [0.1, 0.15) is 25.7 Å². The quantitative estimate of drug-likeness (QED) is 0.569. The zero-order chi connectivity index (χ0) is 12.5. The second-order valence-electron chi connectivity index (χ2n) is 4.98. The van der Waals surface area contributed by atoms with Gasteiger partial charge in [-0.25, -0.2) is 0 Å². The molecule has 1 aromatic carbocycles. The van der Waals surface area contributed by atoms with Gasteiger partial charge in [0, 0.05) is 6.04 Å². The number of hydrogen-bond donors (Lipinski definition) is 0. The van der Waals surface area contributed by atoms with Crippen molar-refractivity contribution in [3.8, 4) is 5.75 Å². The molecule has 0 N–H and O–H groups in total. The summed E-state index contributed by atoms with van der Waals surface area (Å²) in [6, 6.07) is 8.09. The summed E-state index contributed by atoms with van der Waals surface area (Å²) in [7, 11) is 0. The van der Waals surface area contributed by atoms with Crippen molar-refractivity contribution in [1.82, 2.24) is 0 Å². The number of rotatable bonds is 2. The summed E-state index contributed by atoms with van der Waals surface area (Å²) in [5, 5.41) is 11.1. The number of fused-ring (bicyclic) bond motifs is 1. The molecule has 1 aliphatic heterocycles. The van der Waals surface area contributed by atoms with E-state index in [1.54, 1.807) is 0 Å². The minimum Gasteiger partial charge on any atom is -0.546 e. The van der Waals surface area contributed by atoms with E-state index in [9.17, 15) is 9.90 Å². The van der Waals surface area contributed by atoms with Gasteiger partial charge in [0.25, 0.3) is 0 Å². The Hall–Kier alpha value is -1.11. The van der Waals surface area contributed by atoms with Gasteiger partial charge in [-0.2, -0.15) is 0 Å². The number of aliphatic carboxylic acids is 1. The second-order valence-corrected chi connectivity index (χ2v) is 4.98. The maximum Gasteiger partial charge on any atom is 1.00 e. The molecule has 2 aliphatic rings. The normalized spacial score (nSPS) is 22.3. The first-order valence-corrected chi connectivity index (χ1v) is 6.49. The molecule has 0 aromatic heterocycles. The van der Waals surface area contributed by atoms with Crippen molar-refractivity contribution in [2.45, 2.75) is 37.8 Å². The van der Waals surface area contributed by atoms with Crippen LogP contribution in [0.3, 0.4) is 0 Å². The average molecular weight is 253 g/mol. The van der Waals surface area contributed by atoms with E-state index >= 15 is 0 Å². The molecule has 96 valence electrons. The second kappa shape index (κ2) is 5.90. The maximum atomic E-state index is 11.1. The minimum absolute atomic E-state index is 0. The number of carbonyl (C=O) groups excluding carboxylic acids is 1. The van der Waals surface area contributed by atoms with E-state index in [1.165, 1.54) is 12.8 Å². The van der Waals surface area contributed by atoms with Gasteiger partial charge in [0.05, 0.1) is 18.2 Å². The van der Waals surface area contributed by atoms with Crippen LogP contribution in [0.4, 0.5) is 5.69 Å². The van der Waals surface area contributed by atoms with Gasteiger partial charge >= 0.3 is 18.9 Å². The summed E-state index contributed by atoms with van der Waals surface area (Å²) in [6.07, 6.45) is 3.85. The molecule has 3 rings (SSSR count). The minimum atomic E-state index is -1.13. The van der Waals surface area contributed by atoms with Crippen molar-refractivity contribution < 1.29 is 33.5 Å². The van der Waals surface area contributed by atoms with Crippen LogP contribution in [0.5, 0.6) is 5.75 Å². The first-order valence-electron chi connectivity index (χ1n) is 6.49. The van der Waals surface area contributed by atoms with Crippen molar-refractivity contribution in [3.05, 3.63) is 24.3 Å². The van der Waals surface area contributed by atoms with Crippen LogP contribution in [-0.2, 0) is 4.79 Å². The summed E-state index contributed by atoms with van der Waals surface area (Å²) in [6.45, 7) is 0.393. The first-order chi connectivity index (χ1) is 8.75. The van der Waals surface area contributed by atoms with Crippen LogP contribution < -0.4 is 33.6 Å². The molecule has 1 unspecified atom stereocenters. The number of para-hydroxylation sites is 2. The van der Waals surface area contributed by atoms with Crippen LogP contribution >= 0.6 is 0 Å². The Labute approximate surface area is 124 Å². The fourth-order valence-electron chi connectivity index (χ4n) is 2.95. The van der Waals surface area contributed by atoms with E-state index in [0.717, 1.165) is 18.5 Å². The van der Waals surface area contributed by atoms with Crippen LogP contribution in [0.15, 0.2) is 24.3 Å². The van der Waals surface area contributed by atoms with Crippen molar-refractivity contribution in [2.24, 2.45) is 0 Å². The van der Waals surface area contributed by atoms with E-state index < -0.39 is 12.1 Å². The van der Waals surface area contributed by atoms with Crippen molar-refractivity contribution >= 4 is 11.7 Å².